The summed E-state index contributed by atoms with van der Waals surface area (Å²) in [6, 6.07) is 9.35. The fourth-order valence-electron chi connectivity index (χ4n) is 6.64. The number of thiophene rings is 1. The van der Waals surface area contributed by atoms with Crippen LogP contribution in [-0.4, -0.2) is 54.4 Å². The Kier molecular flexibility index (Phi) is 6.35. The molecule has 1 amide bonds. The molecule has 3 aliphatic carbocycles. The van der Waals surface area contributed by atoms with Crippen molar-refractivity contribution in [2.75, 3.05) is 19.1 Å². The second-order valence-corrected chi connectivity index (χ2v) is 14.7. The molecule has 2 aromatic rings. The van der Waals surface area contributed by atoms with Crippen molar-refractivity contribution in [3.63, 3.8) is 0 Å². The first kappa shape index (κ1) is 25.8. The molecule has 8 nitrogen and oxygen atoms in total. The molecule has 1 aromatic carbocycles. The minimum absolute atomic E-state index is 0.0755. The fourth-order valence-corrected chi connectivity index (χ4v) is 9.79. The van der Waals surface area contributed by atoms with E-state index in [4.69, 9.17) is 9.47 Å². The molecule has 0 saturated heterocycles. The molecular formula is C28H34N2O6S2. The standard InChI is InChI=1S/C28H34N2O6S2/c1-27(2)20-9-10-28(27,25(31)13-20)17-38(33,34)30(21-6-7-21)16-26(32)29(15-22-4-3-11-37-22)14-19-5-8-23-24(12-19)36-18-35-23/h3-5,8,11-12,20-21H,6-7,9-10,13-18H2,1-2H3. The summed E-state index contributed by atoms with van der Waals surface area (Å²) < 4.78 is 40.2. The number of hydrogen-bond acceptors (Lipinski definition) is 7. The molecule has 3 fully saturated rings. The third-order valence-corrected chi connectivity index (χ3v) is 12.1. The number of sulfonamides is 1. The van der Waals surface area contributed by atoms with Gasteiger partial charge in [-0.05, 0) is 66.2 Å². The summed E-state index contributed by atoms with van der Waals surface area (Å²) in [7, 11) is -3.83. The van der Waals surface area contributed by atoms with E-state index in [0.717, 1.165) is 29.7 Å². The molecule has 0 N–H and O–H groups in total. The van der Waals surface area contributed by atoms with Crippen LogP contribution in [0, 0.1) is 16.7 Å². The summed E-state index contributed by atoms with van der Waals surface area (Å²) in [4.78, 5) is 29.6. The number of fused-ring (bicyclic) bond motifs is 3. The molecule has 0 radical (unpaired) electrons. The normalized spacial score (nSPS) is 25.3. The highest BCUT2D eigenvalue weighted by Gasteiger charge is 2.66. The van der Waals surface area contributed by atoms with Gasteiger partial charge in [0.1, 0.15) is 5.78 Å². The van der Waals surface area contributed by atoms with Gasteiger partial charge in [-0.15, -0.1) is 11.3 Å². The van der Waals surface area contributed by atoms with Crippen LogP contribution in [0.4, 0.5) is 0 Å². The lowest BCUT2D eigenvalue weighted by Crippen LogP contribution is -2.49. The summed E-state index contributed by atoms with van der Waals surface area (Å²) in [5, 5.41) is 1.97. The van der Waals surface area contributed by atoms with Gasteiger partial charge in [-0.2, -0.15) is 4.31 Å². The third kappa shape index (κ3) is 4.44. The minimum Gasteiger partial charge on any atom is -0.454 e. The quantitative estimate of drug-likeness (QED) is 0.434. The molecule has 2 unspecified atom stereocenters. The second kappa shape index (κ2) is 9.34. The first-order valence-electron chi connectivity index (χ1n) is 13.3. The van der Waals surface area contributed by atoms with Crippen molar-refractivity contribution in [1.29, 1.82) is 0 Å². The molecule has 6 rings (SSSR count). The van der Waals surface area contributed by atoms with E-state index in [1.807, 2.05) is 49.6 Å². The fraction of sp³-hybridized carbons (Fsp3) is 0.571. The van der Waals surface area contributed by atoms with Crippen LogP contribution < -0.4 is 9.47 Å². The Morgan fingerprint density at radius 1 is 1.11 bits per heavy atom. The molecule has 10 heteroatoms. The maximum Gasteiger partial charge on any atom is 0.238 e. The van der Waals surface area contributed by atoms with E-state index in [2.05, 4.69) is 0 Å². The van der Waals surface area contributed by atoms with Gasteiger partial charge in [0.05, 0.1) is 18.8 Å². The van der Waals surface area contributed by atoms with Gasteiger partial charge in [0.2, 0.25) is 22.7 Å². The Balaban J connectivity index is 1.24. The number of rotatable bonds is 10. The highest BCUT2D eigenvalue weighted by atomic mass is 32.2. The van der Waals surface area contributed by atoms with Gasteiger partial charge in [0.15, 0.2) is 11.5 Å². The van der Waals surface area contributed by atoms with Crippen LogP contribution in [0.25, 0.3) is 0 Å². The van der Waals surface area contributed by atoms with Gasteiger partial charge in [0.25, 0.3) is 0 Å². The predicted molar refractivity (Wildman–Crippen MR) is 143 cm³/mol. The van der Waals surface area contributed by atoms with Crippen LogP contribution in [0.15, 0.2) is 35.7 Å². The Labute approximate surface area is 228 Å². The van der Waals surface area contributed by atoms with Crippen molar-refractivity contribution in [2.45, 2.75) is 65.1 Å². The molecule has 2 atom stereocenters. The Bertz CT molecular complexity index is 1350. The van der Waals surface area contributed by atoms with Crippen molar-refractivity contribution >= 4 is 33.1 Å². The van der Waals surface area contributed by atoms with E-state index in [1.165, 1.54) is 4.31 Å². The van der Waals surface area contributed by atoms with E-state index >= 15 is 0 Å². The number of Topliss-reactive ketones (excluding diaryl/α,β-unsaturated/α-hetero) is 1. The van der Waals surface area contributed by atoms with Gasteiger partial charge in [0, 0.05) is 29.3 Å². The predicted octanol–water partition coefficient (Wildman–Crippen LogP) is 4.20. The van der Waals surface area contributed by atoms with Crippen molar-refractivity contribution in [1.82, 2.24) is 9.21 Å². The van der Waals surface area contributed by atoms with Crippen LogP contribution >= 0.6 is 11.3 Å². The molecule has 0 spiro atoms. The molecule has 3 saturated carbocycles. The molecule has 2 bridgehead atoms. The minimum atomic E-state index is -3.83. The highest BCUT2D eigenvalue weighted by Crippen LogP contribution is 2.64. The molecule has 1 aliphatic heterocycles. The Morgan fingerprint density at radius 3 is 2.55 bits per heavy atom. The average Bonchev–Trinajstić information content (AvgIpc) is 3.18. The van der Waals surface area contributed by atoms with Crippen LogP contribution in [0.1, 0.15) is 56.4 Å². The van der Waals surface area contributed by atoms with Gasteiger partial charge >= 0.3 is 0 Å². The average molecular weight is 559 g/mol. The molecular weight excluding hydrogens is 524 g/mol. The van der Waals surface area contributed by atoms with E-state index < -0.39 is 15.4 Å². The van der Waals surface area contributed by atoms with Crippen LogP contribution in [0.2, 0.25) is 0 Å². The van der Waals surface area contributed by atoms with Crippen molar-refractivity contribution < 1.29 is 27.5 Å². The number of ketones is 1. The van der Waals surface area contributed by atoms with Crippen molar-refractivity contribution in [2.24, 2.45) is 16.7 Å². The van der Waals surface area contributed by atoms with Crippen LogP contribution in [0.3, 0.4) is 0 Å². The molecule has 2 heterocycles. The monoisotopic (exact) mass is 558 g/mol. The smallest absolute Gasteiger partial charge is 0.238 e. The van der Waals surface area contributed by atoms with Crippen molar-refractivity contribution in [3.05, 3.63) is 46.2 Å². The second-order valence-electron chi connectivity index (χ2n) is 11.7. The van der Waals surface area contributed by atoms with Gasteiger partial charge in [-0.1, -0.05) is 26.0 Å². The summed E-state index contributed by atoms with van der Waals surface area (Å²) in [5.74, 6) is 1.19. The van der Waals surface area contributed by atoms with Gasteiger partial charge in [-0.3, -0.25) is 9.59 Å². The first-order chi connectivity index (χ1) is 18.1. The van der Waals surface area contributed by atoms with Crippen LogP contribution in [0.5, 0.6) is 11.5 Å². The zero-order valence-electron chi connectivity index (χ0n) is 21.9. The lowest BCUT2D eigenvalue weighted by atomic mass is 9.70. The van der Waals surface area contributed by atoms with Gasteiger partial charge < -0.3 is 14.4 Å². The maximum absolute atomic E-state index is 13.9. The molecule has 4 aliphatic rings. The number of benzene rings is 1. The number of carbonyl (C=O) groups is 2. The van der Waals surface area contributed by atoms with E-state index in [-0.39, 0.29) is 48.2 Å². The largest absolute Gasteiger partial charge is 0.454 e. The van der Waals surface area contributed by atoms with Gasteiger partial charge in [-0.25, -0.2) is 8.42 Å². The Morgan fingerprint density at radius 2 is 1.89 bits per heavy atom. The van der Waals surface area contributed by atoms with E-state index in [1.54, 1.807) is 16.2 Å². The lowest BCUT2D eigenvalue weighted by molar-refractivity contribution is -0.132. The van der Waals surface area contributed by atoms with E-state index in [9.17, 15) is 18.0 Å². The molecule has 38 heavy (non-hydrogen) atoms. The SMILES string of the molecule is CC1(C)C2CCC1(CS(=O)(=O)N(CC(=O)N(Cc1ccc3c(c1)OCO3)Cc1cccs1)C1CC1)C(=O)C2. The van der Waals surface area contributed by atoms with Crippen molar-refractivity contribution in [3.8, 4) is 11.5 Å². The Hall–Kier alpha value is -2.43. The van der Waals surface area contributed by atoms with Crippen LogP contribution in [-0.2, 0) is 32.7 Å². The number of hydrogen-bond donors (Lipinski definition) is 0. The topological polar surface area (TPSA) is 93.2 Å². The summed E-state index contributed by atoms with van der Waals surface area (Å²) in [6.45, 7) is 4.77. The summed E-state index contributed by atoms with van der Waals surface area (Å²) in [6.07, 6.45) is 3.46. The first-order valence-corrected chi connectivity index (χ1v) is 15.8. The zero-order chi connectivity index (χ0) is 26.7. The molecule has 204 valence electrons. The maximum atomic E-state index is 13.9. The number of carbonyl (C=O) groups excluding carboxylic acids is 2. The zero-order valence-corrected chi connectivity index (χ0v) is 23.5. The van der Waals surface area contributed by atoms with E-state index in [0.29, 0.717) is 37.4 Å². The lowest BCUT2D eigenvalue weighted by Gasteiger charge is -2.38. The molecule has 1 aromatic heterocycles. The highest BCUT2D eigenvalue weighted by molar-refractivity contribution is 7.89. The number of nitrogens with zero attached hydrogens (tertiary/aromatic N) is 2. The number of amides is 1. The number of ether oxygens (including phenoxy) is 2. The summed E-state index contributed by atoms with van der Waals surface area (Å²) >= 11 is 1.56. The summed E-state index contributed by atoms with van der Waals surface area (Å²) in [5.41, 5.74) is -0.314. The third-order valence-electron chi connectivity index (χ3n) is 9.26.